The molecule has 1 saturated carbocycles. The maximum atomic E-state index is 12.9. The summed E-state index contributed by atoms with van der Waals surface area (Å²) in [4.78, 5) is 22.2. The fourth-order valence-corrected chi connectivity index (χ4v) is 5.88. The van der Waals surface area contributed by atoms with Crippen molar-refractivity contribution in [3.8, 4) is 6.07 Å². The Morgan fingerprint density at radius 3 is 2.65 bits per heavy atom. The Kier molecular flexibility index (Phi) is 7.21. The van der Waals surface area contributed by atoms with Crippen LogP contribution in [0.3, 0.4) is 0 Å². The number of ether oxygens (including phenoxy) is 1. The number of carbonyl (C=O) groups excluding carboxylic acids is 1. The van der Waals surface area contributed by atoms with Crippen molar-refractivity contribution in [2.45, 2.75) is 70.4 Å². The molecule has 2 heterocycles. The van der Waals surface area contributed by atoms with Crippen LogP contribution in [-0.4, -0.2) is 58.2 Å². The first-order chi connectivity index (χ1) is 17.8. The Morgan fingerprint density at radius 2 is 2.00 bits per heavy atom. The first kappa shape index (κ1) is 25.7. The number of aliphatic hydroxyl groups is 1. The number of imidazole rings is 1. The van der Waals surface area contributed by atoms with Crippen LogP contribution >= 0.6 is 0 Å². The minimum Gasteiger partial charge on any atom is -0.385 e. The number of amides is 1. The standard InChI is InChI=1S/C29H37N5O3/c1-28(2)9-5-20(6-10-28)24-17-21(3-4-25(24)33-27(35)26-31-19-22(18-30)32-26)29(36)11-7-23(8-12-29)34-13-15-37-16-14-34/h3-5,17,19,23,36H,6-16H2,1-2H3,(H,31,32)(H,33,35). The van der Waals surface area contributed by atoms with E-state index in [-0.39, 0.29) is 16.9 Å². The number of anilines is 1. The van der Waals surface area contributed by atoms with Gasteiger partial charge in [-0.05, 0) is 73.6 Å². The molecule has 1 saturated heterocycles. The average molecular weight is 504 g/mol. The van der Waals surface area contributed by atoms with E-state index in [4.69, 9.17) is 10.00 Å². The first-order valence-corrected chi connectivity index (χ1v) is 13.4. The number of H-pyrrole nitrogens is 1. The van der Waals surface area contributed by atoms with Gasteiger partial charge in [0.25, 0.3) is 5.91 Å². The third-order valence-electron chi connectivity index (χ3n) is 8.38. The quantitative estimate of drug-likeness (QED) is 0.550. The third kappa shape index (κ3) is 5.64. The molecule has 1 aromatic carbocycles. The Hall–Kier alpha value is -2.99. The van der Waals surface area contributed by atoms with Crippen LogP contribution in [-0.2, 0) is 10.3 Å². The molecule has 1 aromatic heterocycles. The van der Waals surface area contributed by atoms with Gasteiger partial charge in [0.1, 0.15) is 11.8 Å². The molecule has 3 N–H and O–H groups in total. The van der Waals surface area contributed by atoms with E-state index >= 15 is 0 Å². The van der Waals surface area contributed by atoms with Crippen molar-refractivity contribution in [2.75, 3.05) is 31.6 Å². The second kappa shape index (κ2) is 10.4. The number of hydrogen-bond acceptors (Lipinski definition) is 6. The van der Waals surface area contributed by atoms with Crippen molar-refractivity contribution >= 4 is 17.2 Å². The number of benzene rings is 1. The van der Waals surface area contributed by atoms with Gasteiger partial charge in [-0.15, -0.1) is 0 Å². The number of rotatable bonds is 5. The zero-order valence-corrected chi connectivity index (χ0v) is 21.8. The first-order valence-electron chi connectivity index (χ1n) is 13.4. The van der Waals surface area contributed by atoms with Crippen molar-refractivity contribution in [2.24, 2.45) is 5.41 Å². The molecular formula is C29H37N5O3. The average Bonchev–Trinajstić information content (AvgIpc) is 3.40. The Morgan fingerprint density at radius 1 is 1.24 bits per heavy atom. The van der Waals surface area contributed by atoms with Gasteiger partial charge in [-0.3, -0.25) is 9.69 Å². The third-order valence-corrected chi connectivity index (χ3v) is 8.38. The fourth-order valence-electron chi connectivity index (χ4n) is 5.88. The number of carbonyl (C=O) groups is 1. The Labute approximate surface area is 218 Å². The SMILES string of the molecule is CC1(C)CC=C(c2cc(C3(O)CCC(N4CCOCC4)CC3)ccc2NC(=O)c2ncc(C#N)[nH]2)CC1. The van der Waals surface area contributed by atoms with Crippen LogP contribution in [0, 0.1) is 16.7 Å². The maximum Gasteiger partial charge on any atom is 0.291 e. The van der Waals surface area contributed by atoms with E-state index in [0.717, 1.165) is 82.4 Å². The van der Waals surface area contributed by atoms with Gasteiger partial charge in [0, 0.05) is 30.4 Å². The number of aromatic nitrogens is 2. The van der Waals surface area contributed by atoms with E-state index in [1.807, 2.05) is 18.2 Å². The van der Waals surface area contributed by atoms with Gasteiger partial charge in [0.15, 0.2) is 5.82 Å². The second-order valence-electron chi connectivity index (χ2n) is 11.5. The predicted octanol–water partition coefficient (Wildman–Crippen LogP) is 4.59. The van der Waals surface area contributed by atoms with Gasteiger partial charge in [-0.25, -0.2) is 4.98 Å². The van der Waals surface area contributed by atoms with Gasteiger partial charge in [-0.2, -0.15) is 5.26 Å². The number of nitrogens with one attached hydrogen (secondary N) is 2. The summed E-state index contributed by atoms with van der Waals surface area (Å²) in [6, 6.07) is 8.40. The lowest BCUT2D eigenvalue weighted by molar-refractivity contribution is -0.0447. The summed E-state index contributed by atoms with van der Waals surface area (Å²) in [7, 11) is 0. The van der Waals surface area contributed by atoms with Crippen LogP contribution in [0.2, 0.25) is 0 Å². The molecular weight excluding hydrogens is 466 g/mol. The molecule has 2 aliphatic carbocycles. The van der Waals surface area contributed by atoms with Gasteiger partial charge in [0.05, 0.1) is 25.0 Å². The van der Waals surface area contributed by atoms with E-state index in [2.05, 4.69) is 46.2 Å². The molecule has 37 heavy (non-hydrogen) atoms. The maximum absolute atomic E-state index is 12.9. The van der Waals surface area contributed by atoms with Crippen LogP contribution in [0.5, 0.6) is 0 Å². The van der Waals surface area contributed by atoms with Crippen molar-refractivity contribution in [1.82, 2.24) is 14.9 Å². The Bertz CT molecular complexity index is 1210. The molecule has 2 fully saturated rings. The molecule has 0 spiro atoms. The molecule has 0 unspecified atom stereocenters. The molecule has 5 rings (SSSR count). The number of hydrogen-bond donors (Lipinski definition) is 3. The van der Waals surface area contributed by atoms with E-state index in [0.29, 0.717) is 11.7 Å². The monoisotopic (exact) mass is 503 g/mol. The van der Waals surface area contributed by atoms with Crippen LogP contribution in [0.15, 0.2) is 30.5 Å². The van der Waals surface area contributed by atoms with Crippen LogP contribution in [0.1, 0.15) is 86.2 Å². The molecule has 1 aliphatic heterocycles. The topological polar surface area (TPSA) is 114 Å². The molecule has 1 amide bonds. The largest absolute Gasteiger partial charge is 0.385 e. The van der Waals surface area contributed by atoms with E-state index < -0.39 is 11.5 Å². The van der Waals surface area contributed by atoms with E-state index in [9.17, 15) is 9.90 Å². The smallest absolute Gasteiger partial charge is 0.291 e. The predicted molar refractivity (Wildman–Crippen MR) is 142 cm³/mol. The highest BCUT2D eigenvalue weighted by Gasteiger charge is 2.37. The van der Waals surface area contributed by atoms with Crippen molar-refractivity contribution in [3.05, 3.63) is 53.1 Å². The molecule has 0 atom stereocenters. The van der Waals surface area contributed by atoms with Crippen LogP contribution in [0.4, 0.5) is 5.69 Å². The molecule has 2 aromatic rings. The number of morpholine rings is 1. The summed E-state index contributed by atoms with van der Waals surface area (Å²) in [6.45, 7) is 8.07. The fraction of sp³-hybridized carbons (Fsp3) is 0.552. The second-order valence-corrected chi connectivity index (χ2v) is 11.5. The number of allylic oxidation sites excluding steroid dienone is 2. The lowest BCUT2D eigenvalue weighted by Crippen LogP contribution is -2.47. The van der Waals surface area contributed by atoms with Gasteiger partial charge < -0.3 is 20.1 Å². The van der Waals surface area contributed by atoms with Crippen molar-refractivity contribution in [1.29, 1.82) is 5.26 Å². The van der Waals surface area contributed by atoms with Crippen molar-refractivity contribution in [3.63, 3.8) is 0 Å². The van der Waals surface area contributed by atoms with Crippen molar-refractivity contribution < 1.29 is 14.6 Å². The molecule has 0 bridgehead atoms. The van der Waals surface area contributed by atoms with Crippen LogP contribution in [0.25, 0.3) is 5.57 Å². The summed E-state index contributed by atoms with van der Waals surface area (Å²) < 4.78 is 5.51. The number of nitrogens with zero attached hydrogens (tertiary/aromatic N) is 3. The highest BCUT2D eigenvalue weighted by Crippen LogP contribution is 2.44. The minimum absolute atomic E-state index is 0.102. The normalized spacial score (nSPS) is 26.2. The molecule has 3 aliphatic rings. The summed E-state index contributed by atoms with van der Waals surface area (Å²) in [6.07, 6.45) is 9.93. The lowest BCUT2D eigenvalue weighted by atomic mass is 9.74. The molecule has 8 nitrogen and oxygen atoms in total. The minimum atomic E-state index is -0.878. The highest BCUT2D eigenvalue weighted by atomic mass is 16.5. The summed E-state index contributed by atoms with van der Waals surface area (Å²) in [5.74, 6) is -0.289. The molecule has 8 heteroatoms. The summed E-state index contributed by atoms with van der Waals surface area (Å²) in [5.41, 5.74) is 3.38. The Balaban J connectivity index is 1.40. The zero-order valence-electron chi connectivity index (χ0n) is 21.8. The van der Waals surface area contributed by atoms with Crippen LogP contribution < -0.4 is 5.32 Å². The van der Waals surface area contributed by atoms with E-state index in [1.165, 1.54) is 11.8 Å². The van der Waals surface area contributed by atoms with E-state index in [1.54, 1.807) is 0 Å². The van der Waals surface area contributed by atoms with Gasteiger partial charge in [0.2, 0.25) is 0 Å². The number of nitriles is 1. The zero-order chi connectivity index (χ0) is 26.0. The molecule has 196 valence electrons. The summed E-state index contributed by atoms with van der Waals surface area (Å²) in [5, 5.41) is 23.8. The lowest BCUT2D eigenvalue weighted by Gasteiger charge is -2.42. The number of aromatic amines is 1. The summed E-state index contributed by atoms with van der Waals surface area (Å²) >= 11 is 0. The van der Waals surface area contributed by atoms with Gasteiger partial charge >= 0.3 is 0 Å². The highest BCUT2D eigenvalue weighted by molar-refractivity contribution is 6.03. The molecule has 0 radical (unpaired) electrons. The van der Waals surface area contributed by atoms with Gasteiger partial charge in [-0.1, -0.05) is 26.0 Å².